The molecule has 0 bridgehead atoms. The summed E-state index contributed by atoms with van der Waals surface area (Å²) in [4.78, 5) is 28.6. The van der Waals surface area contributed by atoms with Crippen molar-refractivity contribution in [1.29, 1.82) is 0 Å². The lowest BCUT2D eigenvalue weighted by molar-refractivity contribution is -0.139. The molecule has 8 heteroatoms. The van der Waals surface area contributed by atoms with Gasteiger partial charge in [0, 0.05) is 9.75 Å². The van der Waals surface area contributed by atoms with E-state index in [1.54, 1.807) is 23.0 Å². The van der Waals surface area contributed by atoms with Crippen LogP contribution >= 0.6 is 22.7 Å². The van der Waals surface area contributed by atoms with Gasteiger partial charge in [-0.05, 0) is 18.4 Å². The Balaban J connectivity index is 1.92. The molecule has 2 aromatic heterocycles. The van der Waals surface area contributed by atoms with Gasteiger partial charge in [0.05, 0.1) is 17.7 Å². The zero-order valence-electron chi connectivity index (χ0n) is 10.6. The van der Waals surface area contributed by atoms with Gasteiger partial charge in [-0.1, -0.05) is 6.07 Å². The molecule has 20 heavy (non-hydrogen) atoms. The number of hydrogen-bond acceptors (Lipinski definition) is 5. The summed E-state index contributed by atoms with van der Waals surface area (Å²) in [5.74, 6) is -1.09. The molecule has 0 saturated heterocycles. The topological polar surface area (TPSA) is 91.3 Å². The quantitative estimate of drug-likeness (QED) is 0.789. The van der Waals surface area contributed by atoms with Crippen LogP contribution in [-0.2, 0) is 11.3 Å². The minimum Gasteiger partial charge on any atom is -0.479 e. The molecule has 2 rings (SSSR count). The summed E-state index contributed by atoms with van der Waals surface area (Å²) < 4.78 is 0. The number of carbonyl (C=O) groups excluding carboxylic acids is 1. The molecular formula is C12H13N3O3S2. The predicted octanol–water partition coefficient (Wildman–Crippen LogP) is 2.14. The Labute approximate surface area is 123 Å². The Morgan fingerprint density at radius 3 is 2.80 bits per heavy atom. The number of nitrogens with zero attached hydrogens (tertiary/aromatic N) is 1. The zero-order valence-corrected chi connectivity index (χ0v) is 12.3. The number of thiazole rings is 1. The van der Waals surface area contributed by atoms with Gasteiger partial charge >= 0.3 is 12.0 Å². The number of carbonyl (C=O) groups is 2. The molecule has 3 N–H and O–H groups in total. The third kappa shape index (κ3) is 3.55. The number of urea groups is 1. The van der Waals surface area contributed by atoms with E-state index in [2.05, 4.69) is 15.6 Å². The molecule has 0 saturated carbocycles. The molecule has 0 aliphatic heterocycles. The van der Waals surface area contributed by atoms with Crippen LogP contribution in [0.3, 0.4) is 0 Å². The van der Waals surface area contributed by atoms with Crippen molar-refractivity contribution in [1.82, 2.24) is 15.6 Å². The number of amides is 2. The largest absolute Gasteiger partial charge is 0.479 e. The molecular weight excluding hydrogens is 298 g/mol. The van der Waals surface area contributed by atoms with E-state index in [9.17, 15) is 9.59 Å². The van der Waals surface area contributed by atoms with Crippen LogP contribution in [0.1, 0.15) is 21.5 Å². The zero-order chi connectivity index (χ0) is 14.5. The van der Waals surface area contributed by atoms with Gasteiger partial charge in [-0.2, -0.15) is 0 Å². The van der Waals surface area contributed by atoms with Gasteiger partial charge in [-0.3, -0.25) is 0 Å². The van der Waals surface area contributed by atoms with Crippen molar-refractivity contribution in [3.63, 3.8) is 0 Å². The number of carboxylic acid groups (broad SMARTS) is 1. The third-order valence-electron chi connectivity index (χ3n) is 2.60. The second-order valence-electron chi connectivity index (χ2n) is 3.97. The van der Waals surface area contributed by atoms with Crippen LogP contribution in [0.4, 0.5) is 4.79 Å². The van der Waals surface area contributed by atoms with Crippen molar-refractivity contribution in [3.8, 4) is 0 Å². The highest BCUT2D eigenvalue weighted by Crippen LogP contribution is 2.19. The molecule has 0 aromatic carbocycles. The molecule has 0 radical (unpaired) electrons. The molecule has 0 aliphatic carbocycles. The molecule has 1 atom stereocenters. The first kappa shape index (κ1) is 14.5. The first-order valence-corrected chi connectivity index (χ1v) is 7.53. The van der Waals surface area contributed by atoms with E-state index in [0.29, 0.717) is 11.4 Å². The van der Waals surface area contributed by atoms with Gasteiger partial charge in [0.1, 0.15) is 0 Å². The summed E-state index contributed by atoms with van der Waals surface area (Å²) >= 11 is 2.73. The van der Waals surface area contributed by atoms with Crippen LogP contribution in [0.25, 0.3) is 0 Å². The van der Waals surface area contributed by atoms with Crippen molar-refractivity contribution in [2.45, 2.75) is 19.5 Å². The highest BCUT2D eigenvalue weighted by Gasteiger charge is 2.22. The smallest absolute Gasteiger partial charge is 0.331 e. The van der Waals surface area contributed by atoms with E-state index in [1.807, 2.05) is 6.92 Å². The van der Waals surface area contributed by atoms with Crippen LogP contribution in [0.5, 0.6) is 0 Å². The standard InChI is InChI=1S/C12H13N3O3S2/c1-7-9(20-6-14-7)5-13-12(18)15-10(11(16)17)8-3-2-4-19-8/h2-4,6,10H,5H2,1H3,(H,16,17)(H2,13,15,18). The van der Waals surface area contributed by atoms with E-state index in [-0.39, 0.29) is 0 Å². The number of hydrogen-bond donors (Lipinski definition) is 3. The molecule has 0 spiro atoms. The maximum absolute atomic E-state index is 11.8. The minimum atomic E-state index is -1.09. The number of aryl methyl sites for hydroxylation is 1. The minimum absolute atomic E-state index is 0.332. The maximum Gasteiger partial charge on any atom is 0.331 e. The average Bonchev–Trinajstić information content (AvgIpc) is 3.04. The van der Waals surface area contributed by atoms with Gasteiger partial charge in [0.2, 0.25) is 0 Å². The van der Waals surface area contributed by atoms with Crippen LogP contribution in [-0.4, -0.2) is 22.1 Å². The van der Waals surface area contributed by atoms with Crippen molar-refractivity contribution in [3.05, 3.63) is 38.5 Å². The van der Waals surface area contributed by atoms with Gasteiger partial charge < -0.3 is 15.7 Å². The number of rotatable bonds is 5. The molecule has 6 nitrogen and oxygen atoms in total. The molecule has 0 fully saturated rings. The average molecular weight is 311 g/mol. The first-order valence-electron chi connectivity index (χ1n) is 5.77. The van der Waals surface area contributed by atoms with E-state index < -0.39 is 18.0 Å². The van der Waals surface area contributed by atoms with Crippen LogP contribution < -0.4 is 10.6 Å². The Morgan fingerprint density at radius 1 is 1.45 bits per heavy atom. The SMILES string of the molecule is Cc1ncsc1CNC(=O)NC(C(=O)O)c1cccs1. The summed E-state index contributed by atoms with van der Waals surface area (Å²) in [6, 6.07) is 1.88. The third-order valence-corrected chi connectivity index (χ3v) is 4.48. The lowest BCUT2D eigenvalue weighted by Crippen LogP contribution is -2.40. The fourth-order valence-electron chi connectivity index (χ4n) is 1.55. The van der Waals surface area contributed by atoms with E-state index >= 15 is 0 Å². The van der Waals surface area contributed by atoms with Crippen LogP contribution in [0.15, 0.2) is 23.0 Å². The lowest BCUT2D eigenvalue weighted by Gasteiger charge is -2.13. The van der Waals surface area contributed by atoms with Crippen LogP contribution in [0.2, 0.25) is 0 Å². The molecule has 0 aliphatic rings. The Morgan fingerprint density at radius 2 is 2.25 bits per heavy atom. The molecule has 106 valence electrons. The van der Waals surface area contributed by atoms with Crippen molar-refractivity contribution < 1.29 is 14.7 Å². The molecule has 2 amide bonds. The second kappa shape index (κ2) is 6.49. The summed E-state index contributed by atoms with van der Waals surface area (Å²) in [5.41, 5.74) is 2.57. The lowest BCUT2D eigenvalue weighted by atomic mass is 10.2. The van der Waals surface area contributed by atoms with E-state index in [1.165, 1.54) is 22.7 Å². The highest BCUT2D eigenvalue weighted by atomic mass is 32.1. The maximum atomic E-state index is 11.8. The number of thiophene rings is 1. The summed E-state index contributed by atoms with van der Waals surface area (Å²) in [7, 11) is 0. The molecule has 2 aromatic rings. The monoisotopic (exact) mass is 311 g/mol. The number of nitrogens with one attached hydrogen (secondary N) is 2. The Bertz CT molecular complexity index is 595. The summed E-state index contributed by atoms with van der Waals surface area (Å²) in [6.45, 7) is 2.19. The van der Waals surface area contributed by atoms with E-state index in [4.69, 9.17) is 5.11 Å². The van der Waals surface area contributed by atoms with Gasteiger partial charge in [-0.15, -0.1) is 22.7 Å². The molecule has 1 unspecified atom stereocenters. The number of aliphatic carboxylic acids is 1. The number of carboxylic acids is 1. The highest BCUT2D eigenvalue weighted by molar-refractivity contribution is 7.10. The van der Waals surface area contributed by atoms with Crippen molar-refractivity contribution in [2.75, 3.05) is 0 Å². The fraction of sp³-hybridized carbons (Fsp3) is 0.250. The summed E-state index contributed by atoms with van der Waals surface area (Å²) in [5, 5.41) is 16.0. The normalized spacial score (nSPS) is 11.8. The summed E-state index contributed by atoms with van der Waals surface area (Å²) in [6.07, 6.45) is 0. The van der Waals surface area contributed by atoms with Gasteiger partial charge in [0.25, 0.3) is 0 Å². The molecule has 2 heterocycles. The van der Waals surface area contributed by atoms with Gasteiger partial charge in [-0.25, -0.2) is 14.6 Å². The van der Waals surface area contributed by atoms with Crippen LogP contribution in [0, 0.1) is 6.92 Å². The fourth-order valence-corrected chi connectivity index (χ4v) is 3.03. The van der Waals surface area contributed by atoms with Crippen molar-refractivity contribution >= 4 is 34.7 Å². The second-order valence-corrected chi connectivity index (χ2v) is 5.89. The first-order chi connectivity index (χ1) is 9.58. The Kier molecular flexibility index (Phi) is 4.70. The van der Waals surface area contributed by atoms with Gasteiger partial charge in [0.15, 0.2) is 6.04 Å². The Hall–Kier alpha value is -1.93. The van der Waals surface area contributed by atoms with E-state index in [0.717, 1.165) is 10.6 Å². The predicted molar refractivity (Wildman–Crippen MR) is 76.9 cm³/mol. The van der Waals surface area contributed by atoms with Crippen molar-refractivity contribution in [2.24, 2.45) is 0 Å². The number of aromatic nitrogens is 1.